The van der Waals surface area contributed by atoms with Crippen LogP contribution in [-0.4, -0.2) is 71.0 Å². The van der Waals surface area contributed by atoms with E-state index in [1.807, 2.05) is 25.5 Å². The zero-order chi connectivity index (χ0) is 22.3. The number of β-amino-alcohol motifs (C(OH)–C–C–N with tert-alkyl or cyclic N) is 1. The third kappa shape index (κ3) is 5.81. The zero-order valence-corrected chi connectivity index (χ0v) is 18.5. The third-order valence-electron chi connectivity index (χ3n) is 5.35. The number of carbonyl (C=O) groups excluding carboxylic acids is 3. The molecule has 10 heteroatoms. The molecule has 2 N–H and O–H groups in total. The summed E-state index contributed by atoms with van der Waals surface area (Å²) in [6.07, 6.45) is 4.59. The fraction of sp³-hybridized carbons (Fsp3) is 0.750. The molecule has 1 aliphatic heterocycles. The van der Waals surface area contributed by atoms with E-state index in [1.165, 1.54) is 16.0 Å². The Morgan fingerprint density at radius 1 is 1.17 bits per heavy atom. The Balaban J connectivity index is 1.69. The first kappa shape index (κ1) is 22.7. The molecule has 0 aromatic rings. The molecular formula is C20H31N3O6S. The zero-order valence-electron chi connectivity index (χ0n) is 17.7. The van der Waals surface area contributed by atoms with Crippen molar-refractivity contribution in [2.45, 2.75) is 82.7 Å². The summed E-state index contributed by atoms with van der Waals surface area (Å²) >= 11 is 0. The Labute approximate surface area is 177 Å². The molecule has 0 spiro atoms. The van der Waals surface area contributed by atoms with Gasteiger partial charge in [-0.05, 0) is 31.1 Å². The van der Waals surface area contributed by atoms with Crippen LogP contribution in [0.5, 0.6) is 0 Å². The summed E-state index contributed by atoms with van der Waals surface area (Å²) in [5.74, 6) is -1.34. The van der Waals surface area contributed by atoms with E-state index in [4.69, 9.17) is 0 Å². The first-order chi connectivity index (χ1) is 13.9. The van der Waals surface area contributed by atoms with Gasteiger partial charge < -0.3 is 14.9 Å². The summed E-state index contributed by atoms with van der Waals surface area (Å²) in [6, 6.07) is -0.878. The van der Waals surface area contributed by atoms with Crippen molar-refractivity contribution in [3.63, 3.8) is 0 Å². The van der Waals surface area contributed by atoms with Crippen molar-refractivity contribution in [2.24, 2.45) is 5.41 Å². The van der Waals surface area contributed by atoms with Gasteiger partial charge in [0.15, 0.2) is 0 Å². The smallest absolute Gasteiger partial charge is 0.258 e. The van der Waals surface area contributed by atoms with Gasteiger partial charge in [-0.1, -0.05) is 20.8 Å². The summed E-state index contributed by atoms with van der Waals surface area (Å²) < 4.78 is 25.8. The second kappa shape index (κ2) is 8.30. The molecular weight excluding hydrogens is 410 g/mol. The summed E-state index contributed by atoms with van der Waals surface area (Å²) in [7, 11) is -3.66. The summed E-state index contributed by atoms with van der Waals surface area (Å²) in [6.45, 7) is 5.90. The van der Waals surface area contributed by atoms with Crippen molar-refractivity contribution >= 4 is 27.7 Å². The van der Waals surface area contributed by atoms with Crippen LogP contribution in [0.4, 0.5) is 0 Å². The molecule has 3 rings (SSSR count). The molecule has 3 aliphatic rings. The fourth-order valence-electron chi connectivity index (χ4n) is 3.56. The average molecular weight is 442 g/mol. The van der Waals surface area contributed by atoms with Crippen LogP contribution < -0.4 is 4.72 Å². The van der Waals surface area contributed by atoms with E-state index < -0.39 is 33.3 Å². The van der Waals surface area contributed by atoms with Gasteiger partial charge in [0.2, 0.25) is 21.8 Å². The van der Waals surface area contributed by atoms with Crippen LogP contribution in [0.2, 0.25) is 0 Å². The molecule has 2 atom stereocenters. The van der Waals surface area contributed by atoms with Crippen LogP contribution in [0, 0.1) is 5.41 Å². The van der Waals surface area contributed by atoms with Gasteiger partial charge in [-0.15, -0.1) is 0 Å². The molecule has 2 aliphatic carbocycles. The second-order valence-electron chi connectivity index (χ2n) is 9.69. The topological polar surface area (TPSA) is 124 Å². The standard InChI is InChI=1S/C20H31N3O6S/c1-20(2,3)11-18(26)23-12-14(24)10-16(23)19(27)22(13-4-5-13)9-8-17(25)21-30(28,29)15-6-7-15/h8-9,13-16,24H,4-7,10-12H2,1-3H3,(H,21,25). The minimum Gasteiger partial charge on any atom is -0.391 e. The maximum atomic E-state index is 13.2. The lowest BCUT2D eigenvalue weighted by atomic mass is 9.91. The number of nitrogens with one attached hydrogen (secondary N) is 1. The molecule has 1 heterocycles. The number of likely N-dealkylation sites (tertiary alicyclic amines) is 1. The number of hydrogen-bond donors (Lipinski definition) is 2. The van der Waals surface area contributed by atoms with Gasteiger partial charge in [-0.25, -0.2) is 13.1 Å². The highest BCUT2D eigenvalue weighted by molar-refractivity contribution is 7.91. The number of amides is 3. The minimum atomic E-state index is -3.66. The van der Waals surface area contributed by atoms with Gasteiger partial charge in [0.1, 0.15) is 6.04 Å². The fourth-order valence-corrected chi connectivity index (χ4v) is 4.83. The van der Waals surface area contributed by atoms with E-state index in [9.17, 15) is 27.9 Å². The second-order valence-corrected chi connectivity index (χ2v) is 11.7. The van der Waals surface area contributed by atoms with Crippen LogP contribution in [0.15, 0.2) is 12.3 Å². The van der Waals surface area contributed by atoms with Gasteiger partial charge in [0.25, 0.3) is 5.91 Å². The first-order valence-electron chi connectivity index (χ1n) is 10.4. The highest BCUT2D eigenvalue weighted by Gasteiger charge is 2.44. The molecule has 2 unspecified atom stereocenters. The van der Waals surface area contributed by atoms with Crippen LogP contribution in [0.25, 0.3) is 0 Å². The number of carbonyl (C=O) groups is 3. The summed E-state index contributed by atoms with van der Waals surface area (Å²) in [4.78, 5) is 40.8. The normalized spacial score (nSPS) is 24.9. The Kier molecular flexibility index (Phi) is 6.29. The lowest BCUT2D eigenvalue weighted by Crippen LogP contribution is -2.47. The predicted molar refractivity (Wildman–Crippen MR) is 109 cm³/mol. The minimum absolute atomic E-state index is 0.0844. The Morgan fingerprint density at radius 2 is 1.80 bits per heavy atom. The van der Waals surface area contributed by atoms with Crippen molar-refractivity contribution in [1.29, 1.82) is 0 Å². The van der Waals surface area contributed by atoms with E-state index in [2.05, 4.69) is 0 Å². The molecule has 30 heavy (non-hydrogen) atoms. The molecule has 0 bridgehead atoms. The van der Waals surface area contributed by atoms with E-state index in [1.54, 1.807) is 0 Å². The van der Waals surface area contributed by atoms with Crippen LogP contribution in [0.3, 0.4) is 0 Å². The first-order valence-corrected chi connectivity index (χ1v) is 12.0. The average Bonchev–Trinajstić information content (AvgIpc) is 3.49. The van der Waals surface area contributed by atoms with Crippen molar-refractivity contribution in [1.82, 2.24) is 14.5 Å². The van der Waals surface area contributed by atoms with E-state index in [0.29, 0.717) is 12.8 Å². The van der Waals surface area contributed by atoms with Crippen LogP contribution in [-0.2, 0) is 24.4 Å². The Bertz CT molecular complexity index is 839. The molecule has 3 amide bonds. The van der Waals surface area contributed by atoms with Crippen molar-refractivity contribution < 1.29 is 27.9 Å². The number of aliphatic hydroxyl groups excluding tert-OH is 1. The highest BCUT2D eigenvalue weighted by atomic mass is 32.2. The molecule has 9 nitrogen and oxygen atoms in total. The lowest BCUT2D eigenvalue weighted by Gasteiger charge is -2.30. The van der Waals surface area contributed by atoms with Crippen LogP contribution >= 0.6 is 0 Å². The Hall–Kier alpha value is -1.94. The van der Waals surface area contributed by atoms with Crippen molar-refractivity contribution in [2.75, 3.05) is 6.54 Å². The predicted octanol–water partition coefficient (Wildman–Crippen LogP) is 0.498. The quantitative estimate of drug-likeness (QED) is 0.555. The summed E-state index contributed by atoms with van der Waals surface area (Å²) in [5, 5.41) is 9.58. The van der Waals surface area contributed by atoms with E-state index >= 15 is 0 Å². The third-order valence-corrected chi connectivity index (χ3v) is 7.19. The molecule has 3 fully saturated rings. The monoisotopic (exact) mass is 441 g/mol. The van der Waals surface area contributed by atoms with Gasteiger partial charge in [-0.3, -0.25) is 14.4 Å². The van der Waals surface area contributed by atoms with Gasteiger partial charge in [0, 0.05) is 37.7 Å². The van der Waals surface area contributed by atoms with E-state index in [-0.39, 0.29) is 42.7 Å². The maximum absolute atomic E-state index is 13.2. The van der Waals surface area contributed by atoms with Crippen molar-refractivity contribution in [3.8, 4) is 0 Å². The molecule has 0 aromatic heterocycles. The van der Waals surface area contributed by atoms with Gasteiger partial charge in [-0.2, -0.15) is 0 Å². The van der Waals surface area contributed by atoms with Crippen LogP contribution in [0.1, 0.15) is 59.3 Å². The highest BCUT2D eigenvalue weighted by Crippen LogP contribution is 2.32. The van der Waals surface area contributed by atoms with Gasteiger partial charge >= 0.3 is 0 Å². The Morgan fingerprint density at radius 3 is 2.33 bits per heavy atom. The largest absolute Gasteiger partial charge is 0.391 e. The lowest BCUT2D eigenvalue weighted by molar-refractivity contribution is -0.143. The SMILES string of the molecule is CC(C)(C)CC(=O)N1CC(O)CC1C(=O)N(C=CC(=O)NS(=O)(=O)C1CC1)C1CC1. The molecule has 0 radical (unpaired) electrons. The number of rotatable bonds is 7. The maximum Gasteiger partial charge on any atom is 0.258 e. The molecule has 168 valence electrons. The molecule has 1 saturated heterocycles. The van der Waals surface area contributed by atoms with Crippen molar-refractivity contribution in [3.05, 3.63) is 12.3 Å². The van der Waals surface area contributed by atoms with Gasteiger partial charge in [0.05, 0.1) is 11.4 Å². The summed E-state index contributed by atoms with van der Waals surface area (Å²) in [5.41, 5.74) is -0.251. The van der Waals surface area contributed by atoms with E-state index in [0.717, 1.165) is 18.9 Å². The number of sulfonamides is 1. The number of hydrogen-bond acceptors (Lipinski definition) is 6. The number of nitrogens with zero attached hydrogens (tertiary/aromatic N) is 2. The molecule has 0 aromatic carbocycles. The number of aliphatic hydroxyl groups is 1. The molecule has 2 saturated carbocycles.